The van der Waals surface area contributed by atoms with Crippen molar-refractivity contribution in [1.29, 1.82) is 0 Å². The molecule has 0 bridgehead atoms. The topological polar surface area (TPSA) is 79.8 Å². The number of ether oxygens (including phenoxy) is 2. The molecule has 4 rings (SSSR count). The number of amides is 2. The third kappa shape index (κ3) is 4.53. The smallest absolute Gasteiger partial charge is 0.322 e. The van der Waals surface area contributed by atoms with Crippen LogP contribution in [0.5, 0.6) is 11.5 Å². The van der Waals surface area contributed by atoms with Gasteiger partial charge in [-0.25, -0.2) is 4.79 Å². The molecule has 8 nitrogen and oxygen atoms in total. The van der Waals surface area contributed by atoms with Gasteiger partial charge in [-0.15, -0.1) is 10.2 Å². The number of urea groups is 1. The summed E-state index contributed by atoms with van der Waals surface area (Å²) in [7, 11) is 3.23. The summed E-state index contributed by atoms with van der Waals surface area (Å²) in [5, 5.41) is 11.7. The highest BCUT2D eigenvalue weighted by molar-refractivity contribution is 5.91. The molecule has 1 aliphatic heterocycles. The van der Waals surface area contributed by atoms with Gasteiger partial charge < -0.3 is 24.6 Å². The molecule has 1 N–H and O–H groups in total. The van der Waals surface area contributed by atoms with E-state index in [0.717, 1.165) is 22.8 Å². The Bertz CT molecular complexity index is 1030. The Morgan fingerprint density at radius 1 is 0.839 bits per heavy atom. The second-order valence-electron chi connectivity index (χ2n) is 7.08. The highest BCUT2D eigenvalue weighted by atomic mass is 16.5. The molecule has 0 radical (unpaired) electrons. The Balaban J connectivity index is 1.37. The van der Waals surface area contributed by atoms with Crippen LogP contribution >= 0.6 is 0 Å². The number of hydrogen-bond donors (Lipinski definition) is 1. The van der Waals surface area contributed by atoms with E-state index in [2.05, 4.69) is 20.4 Å². The molecule has 2 amide bonds. The predicted molar refractivity (Wildman–Crippen MR) is 120 cm³/mol. The van der Waals surface area contributed by atoms with Crippen molar-refractivity contribution in [1.82, 2.24) is 15.1 Å². The average molecular weight is 419 g/mol. The largest absolute Gasteiger partial charge is 0.496 e. The molecule has 1 fully saturated rings. The predicted octanol–water partition coefficient (Wildman–Crippen LogP) is 3.51. The SMILES string of the molecule is COc1ccccc1NC(=O)N1CCN(c2ccc(-c3ccccc3OC)nn2)CC1. The van der Waals surface area contributed by atoms with Crippen LogP contribution in [0.2, 0.25) is 0 Å². The van der Waals surface area contributed by atoms with Crippen LogP contribution in [-0.2, 0) is 0 Å². The van der Waals surface area contributed by atoms with Crippen LogP contribution in [0, 0.1) is 0 Å². The lowest BCUT2D eigenvalue weighted by molar-refractivity contribution is 0.208. The Hall–Kier alpha value is -3.81. The van der Waals surface area contributed by atoms with Gasteiger partial charge in [-0.05, 0) is 36.4 Å². The number of nitrogens with one attached hydrogen (secondary N) is 1. The average Bonchev–Trinajstić information content (AvgIpc) is 2.84. The van der Waals surface area contributed by atoms with Crippen molar-refractivity contribution in [3.8, 4) is 22.8 Å². The van der Waals surface area contributed by atoms with Crippen LogP contribution in [-0.4, -0.2) is 61.5 Å². The van der Waals surface area contributed by atoms with Crippen molar-refractivity contribution in [2.24, 2.45) is 0 Å². The fraction of sp³-hybridized carbons (Fsp3) is 0.261. The summed E-state index contributed by atoms with van der Waals surface area (Å²) in [6, 6.07) is 18.9. The number of anilines is 2. The molecule has 0 spiro atoms. The maximum atomic E-state index is 12.6. The molecule has 8 heteroatoms. The summed E-state index contributed by atoms with van der Waals surface area (Å²) in [6.07, 6.45) is 0. The molecule has 0 unspecified atom stereocenters. The third-order valence-corrected chi connectivity index (χ3v) is 5.27. The van der Waals surface area contributed by atoms with Crippen molar-refractivity contribution in [3.05, 3.63) is 60.7 Å². The minimum absolute atomic E-state index is 0.137. The second kappa shape index (κ2) is 9.34. The van der Waals surface area contributed by atoms with Crippen LogP contribution in [0.3, 0.4) is 0 Å². The number of para-hydroxylation sites is 3. The van der Waals surface area contributed by atoms with Crippen LogP contribution in [0.4, 0.5) is 16.3 Å². The number of rotatable bonds is 5. The standard InChI is InChI=1S/C23H25N5O3/c1-30-20-9-5-3-7-17(20)18-11-12-22(26-25-18)27-13-15-28(16-14-27)23(29)24-19-8-4-6-10-21(19)31-2/h3-12H,13-16H2,1-2H3,(H,24,29). The first kappa shape index (κ1) is 20.5. The van der Waals surface area contributed by atoms with Crippen molar-refractivity contribution < 1.29 is 14.3 Å². The Kier molecular flexibility index (Phi) is 6.16. The minimum atomic E-state index is -0.137. The number of methoxy groups -OCH3 is 2. The zero-order valence-electron chi connectivity index (χ0n) is 17.6. The first-order valence-electron chi connectivity index (χ1n) is 10.1. The number of hydrogen-bond acceptors (Lipinski definition) is 6. The summed E-state index contributed by atoms with van der Waals surface area (Å²) >= 11 is 0. The van der Waals surface area contributed by atoms with Gasteiger partial charge in [-0.1, -0.05) is 24.3 Å². The summed E-state index contributed by atoms with van der Waals surface area (Å²) < 4.78 is 10.7. The lowest BCUT2D eigenvalue weighted by atomic mass is 10.1. The van der Waals surface area contributed by atoms with E-state index in [9.17, 15) is 4.79 Å². The Labute approximate surface area is 181 Å². The van der Waals surface area contributed by atoms with E-state index in [1.54, 1.807) is 19.1 Å². The molecule has 1 saturated heterocycles. The second-order valence-corrected chi connectivity index (χ2v) is 7.08. The molecule has 2 aromatic carbocycles. The van der Waals surface area contributed by atoms with Crippen molar-refractivity contribution >= 4 is 17.5 Å². The maximum absolute atomic E-state index is 12.6. The van der Waals surface area contributed by atoms with Crippen LogP contribution in [0.1, 0.15) is 0 Å². The van der Waals surface area contributed by atoms with Crippen molar-refractivity contribution in [2.75, 3.05) is 50.6 Å². The first-order chi connectivity index (χ1) is 15.2. The van der Waals surface area contributed by atoms with E-state index < -0.39 is 0 Å². The van der Waals surface area contributed by atoms with Gasteiger partial charge in [0.25, 0.3) is 0 Å². The summed E-state index contributed by atoms with van der Waals surface area (Å²) in [6.45, 7) is 2.55. The lowest BCUT2D eigenvalue weighted by Gasteiger charge is -2.35. The van der Waals surface area contributed by atoms with Gasteiger partial charge in [0.1, 0.15) is 11.5 Å². The summed E-state index contributed by atoms with van der Waals surface area (Å²) in [4.78, 5) is 16.6. The monoisotopic (exact) mass is 419 g/mol. The van der Waals surface area contributed by atoms with E-state index in [-0.39, 0.29) is 6.03 Å². The fourth-order valence-electron chi connectivity index (χ4n) is 3.57. The third-order valence-electron chi connectivity index (χ3n) is 5.27. The van der Waals surface area contributed by atoms with E-state index in [4.69, 9.17) is 9.47 Å². The number of carbonyl (C=O) groups excluding carboxylic acids is 1. The Morgan fingerprint density at radius 3 is 2.19 bits per heavy atom. The first-order valence-corrected chi connectivity index (χ1v) is 10.1. The molecule has 1 aliphatic rings. The highest BCUT2D eigenvalue weighted by Gasteiger charge is 2.23. The zero-order chi connectivity index (χ0) is 21.6. The van der Waals surface area contributed by atoms with Gasteiger partial charge in [0, 0.05) is 31.7 Å². The quantitative estimate of drug-likeness (QED) is 0.682. The van der Waals surface area contributed by atoms with Crippen molar-refractivity contribution in [3.63, 3.8) is 0 Å². The molecule has 0 aliphatic carbocycles. The van der Waals surface area contributed by atoms with Gasteiger partial charge in [-0.2, -0.15) is 0 Å². The number of piperazine rings is 1. The normalized spacial score (nSPS) is 13.6. The number of aromatic nitrogens is 2. The molecule has 31 heavy (non-hydrogen) atoms. The van der Waals surface area contributed by atoms with E-state index in [1.165, 1.54) is 0 Å². The molecule has 160 valence electrons. The van der Waals surface area contributed by atoms with E-state index in [0.29, 0.717) is 37.6 Å². The lowest BCUT2D eigenvalue weighted by Crippen LogP contribution is -2.50. The van der Waals surface area contributed by atoms with Gasteiger partial charge in [0.2, 0.25) is 0 Å². The molecular formula is C23H25N5O3. The van der Waals surface area contributed by atoms with Crippen LogP contribution in [0.15, 0.2) is 60.7 Å². The summed E-state index contributed by atoms with van der Waals surface area (Å²) in [5.74, 6) is 2.20. The zero-order valence-corrected chi connectivity index (χ0v) is 17.6. The molecular weight excluding hydrogens is 394 g/mol. The van der Waals surface area contributed by atoms with Gasteiger partial charge >= 0.3 is 6.03 Å². The molecule has 3 aromatic rings. The molecule has 0 saturated carbocycles. The fourth-order valence-corrected chi connectivity index (χ4v) is 3.57. The molecule has 1 aromatic heterocycles. The minimum Gasteiger partial charge on any atom is -0.496 e. The van der Waals surface area contributed by atoms with Crippen LogP contribution in [0.25, 0.3) is 11.3 Å². The number of nitrogens with zero attached hydrogens (tertiary/aromatic N) is 4. The highest BCUT2D eigenvalue weighted by Crippen LogP contribution is 2.28. The summed E-state index contributed by atoms with van der Waals surface area (Å²) in [5.41, 5.74) is 2.33. The maximum Gasteiger partial charge on any atom is 0.322 e. The Morgan fingerprint density at radius 2 is 1.52 bits per heavy atom. The molecule has 0 atom stereocenters. The van der Waals surface area contributed by atoms with Crippen molar-refractivity contribution in [2.45, 2.75) is 0 Å². The van der Waals surface area contributed by atoms with Gasteiger partial charge in [0.05, 0.1) is 25.6 Å². The van der Waals surface area contributed by atoms with Gasteiger partial charge in [0.15, 0.2) is 5.82 Å². The number of carbonyl (C=O) groups is 1. The van der Waals surface area contributed by atoms with Crippen LogP contribution < -0.4 is 19.7 Å². The molecule has 2 heterocycles. The van der Waals surface area contributed by atoms with E-state index in [1.807, 2.05) is 60.7 Å². The number of benzene rings is 2. The van der Waals surface area contributed by atoms with E-state index >= 15 is 0 Å². The van der Waals surface area contributed by atoms with Gasteiger partial charge in [-0.3, -0.25) is 0 Å².